The van der Waals surface area contributed by atoms with Crippen molar-refractivity contribution in [2.75, 3.05) is 32.8 Å². The lowest BCUT2D eigenvalue weighted by atomic mass is 10.0. The summed E-state index contributed by atoms with van der Waals surface area (Å²) in [5.74, 6) is -0.331. The first-order valence-corrected chi connectivity index (χ1v) is 10.8. The number of halogens is 1. The van der Waals surface area contributed by atoms with Gasteiger partial charge < -0.3 is 9.64 Å². The van der Waals surface area contributed by atoms with E-state index in [1.165, 1.54) is 0 Å². The number of nitrogens with zero attached hydrogens (tertiary/aromatic N) is 3. The van der Waals surface area contributed by atoms with E-state index in [-0.39, 0.29) is 11.9 Å². The Morgan fingerprint density at radius 1 is 1.24 bits per heavy atom. The smallest absolute Gasteiger partial charge is 0.328 e. The van der Waals surface area contributed by atoms with Crippen molar-refractivity contribution in [1.29, 1.82) is 0 Å². The molecule has 1 atom stereocenters. The van der Waals surface area contributed by atoms with Crippen LogP contribution in [-0.4, -0.2) is 59.4 Å². The number of hydrogen-bond acceptors (Lipinski definition) is 6. The Bertz CT molecular complexity index is 874. The van der Waals surface area contributed by atoms with Gasteiger partial charge in [0.15, 0.2) is 0 Å². The van der Waals surface area contributed by atoms with Crippen LogP contribution in [0.2, 0.25) is 5.02 Å². The van der Waals surface area contributed by atoms with Crippen LogP contribution in [0.4, 0.5) is 0 Å². The average molecular weight is 434 g/mol. The lowest BCUT2D eigenvalue weighted by molar-refractivity contribution is -0.151. The third kappa shape index (κ3) is 5.65. The molecular formula is C21H24ClN3O3S. The summed E-state index contributed by atoms with van der Waals surface area (Å²) in [4.78, 5) is 33.3. The second-order valence-electron chi connectivity index (χ2n) is 6.69. The average Bonchev–Trinajstić information content (AvgIpc) is 3.14. The first-order valence-electron chi connectivity index (χ1n) is 9.53. The number of amides is 1. The number of carbonyl (C=O) groups excluding carboxylic acids is 2. The van der Waals surface area contributed by atoms with Crippen LogP contribution in [0.1, 0.15) is 29.2 Å². The van der Waals surface area contributed by atoms with Gasteiger partial charge in [0, 0.05) is 42.7 Å². The number of hydrogen-bond donors (Lipinski definition) is 0. The molecule has 1 amide bonds. The summed E-state index contributed by atoms with van der Waals surface area (Å²) in [5.41, 5.74) is 1.64. The van der Waals surface area contributed by atoms with Crippen molar-refractivity contribution >= 4 is 40.9 Å². The highest BCUT2D eigenvalue weighted by atomic mass is 35.5. The molecule has 0 radical (unpaired) electrons. The molecule has 1 aliphatic heterocycles. The van der Waals surface area contributed by atoms with Crippen molar-refractivity contribution in [2.24, 2.45) is 0 Å². The predicted octanol–water partition coefficient (Wildman–Crippen LogP) is 3.57. The highest BCUT2D eigenvalue weighted by molar-refractivity contribution is 7.09. The Hall–Kier alpha value is -2.22. The van der Waals surface area contributed by atoms with Gasteiger partial charge in [-0.15, -0.1) is 11.3 Å². The van der Waals surface area contributed by atoms with Crippen LogP contribution < -0.4 is 0 Å². The second-order valence-corrected chi connectivity index (χ2v) is 8.19. The molecule has 1 aliphatic rings. The standard InChI is InChI=1S/C21H24ClN3O3S/c1-3-28-21(27)20(16-4-6-17(22)7-5-16)25-12-10-24(11-13-25)19(26)9-8-18-14-29-15(2)23-18/h4-9,14,20H,3,10-13H2,1-2H3/b9-8+. The number of carbonyl (C=O) groups is 2. The zero-order valence-electron chi connectivity index (χ0n) is 16.5. The summed E-state index contributed by atoms with van der Waals surface area (Å²) in [6, 6.07) is 6.74. The van der Waals surface area contributed by atoms with E-state index < -0.39 is 6.04 Å². The zero-order chi connectivity index (χ0) is 20.8. The number of aryl methyl sites for hydroxylation is 1. The van der Waals surface area contributed by atoms with Crippen molar-refractivity contribution in [3.05, 3.63) is 57.0 Å². The van der Waals surface area contributed by atoms with E-state index in [2.05, 4.69) is 9.88 Å². The number of piperazine rings is 1. The lowest BCUT2D eigenvalue weighted by Crippen LogP contribution is -2.50. The van der Waals surface area contributed by atoms with Gasteiger partial charge in [-0.2, -0.15) is 0 Å². The summed E-state index contributed by atoms with van der Waals surface area (Å²) in [5, 5.41) is 3.51. The van der Waals surface area contributed by atoms with Gasteiger partial charge >= 0.3 is 5.97 Å². The topological polar surface area (TPSA) is 62.7 Å². The molecule has 154 valence electrons. The third-order valence-electron chi connectivity index (χ3n) is 4.72. The summed E-state index contributed by atoms with van der Waals surface area (Å²) in [6.45, 7) is 6.31. The number of ether oxygens (including phenoxy) is 1. The molecule has 0 saturated carbocycles. The van der Waals surface area contributed by atoms with Crippen LogP contribution in [0.3, 0.4) is 0 Å². The largest absolute Gasteiger partial charge is 0.465 e. The van der Waals surface area contributed by atoms with Crippen LogP contribution in [0.25, 0.3) is 6.08 Å². The van der Waals surface area contributed by atoms with Crippen LogP contribution in [0.15, 0.2) is 35.7 Å². The first-order chi connectivity index (χ1) is 14.0. The van der Waals surface area contributed by atoms with Gasteiger partial charge in [0.05, 0.1) is 17.3 Å². The van der Waals surface area contributed by atoms with Crippen LogP contribution in [0.5, 0.6) is 0 Å². The Labute approximate surface area is 179 Å². The third-order valence-corrected chi connectivity index (χ3v) is 5.76. The van der Waals surface area contributed by atoms with E-state index in [0.29, 0.717) is 37.8 Å². The summed E-state index contributed by atoms with van der Waals surface area (Å²) in [6.07, 6.45) is 3.31. The van der Waals surface area contributed by atoms with Crippen LogP contribution in [-0.2, 0) is 14.3 Å². The number of esters is 1. The fraction of sp³-hybridized carbons (Fsp3) is 0.381. The SMILES string of the molecule is CCOC(=O)C(c1ccc(Cl)cc1)N1CCN(C(=O)/C=C/c2csc(C)n2)CC1. The maximum Gasteiger partial charge on any atom is 0.328 e. The van der Waals surface area contributed by atoms with Crippen molar-refractivity contribution in [3.63, 3.8) is 0 Å². The van der Waals surface area contributed by atoms with Gasteiger partial charge in [-0.3, -0.25) is 9.69 Å². The number of benzene rings is 1. The van der Waals surface area contributed by atoms with Crippen LogP contribution >= 0.6 is 22.9 Å². The van der Waals surface area contributed by atoms with Gasteiger partial charge in [-0.05, 0) is 37.6 Å². The minimum Gasteiger partial charge on any atom is -0.465 e. The molecule has 0 spiro atoms. The zero-order valence-corrected chi connectivity index (χ0v) is 18.1. The molecular weight excluding hydrogens is 410 g/mol. The quantitative estimate of drug-likeness (QED) is 0.514. The maximum atomic E-state index is 12.6. The summed E-state index contributed by atoms with van der Waals surface area (Å²) < 4.78 is 5.29. The molecule has 1 aromatic heterocycles. The summed E-state index contributed by atoms with van der Waals surface area (Å²) in [7, 11) is 0. The van der Waals surface area contributed by atoms with Crippen molar-refractivity contribution in [1.82, 2.24) is 14.8 Å². The molecule has 1 aromatic carbocycles. The van der Waals surface area contributed by atoms with Gasteiger partial charge in [-0.1, -0.05) is 23.7 Å². The van der Waals surface area contributed by atoms with E-state index in [1.54, 1.807) is 47.4 Å². The molecule has 1 saturated heterocycles. The fourth-order valence-electron chi connectivity index (χ4n) is 3.28. The number of thiazole rings is 1. The van der Waals surface area contributed by atoms with Crippen molar-refractivity contribution in [3.8, 4) is 0 Å². The molecule has 6 nitrogen and oxygen atoms in total. The Morgan fingerprint density at radius 2 is 1.93 bits per heavy atom. The monoisotopic (exact) mass is 433 g/mol. The van der Waals surface area contributed by atoms with E-state index in [0.717, 1.165) is 16.3 Å². The van der Waals surface area contributed by atoms with Crippen molar-refractivity contribution in [2.45, 2.75) is 19.9 Å². The molecule has 0 N–H and O–H groups in total. The molecule has 1 fully saturated rings. The van der Waals surface area contributed by atoms with E-state index in [9.17, 15) is 9.59 Å². The number of rotatable bonds is 6. The molecule has 2 aromatic rings. The molecule has 3 rings (SSSR count). The highest BCUT2D eigenvalue weighted by Crippen LogP contribution is 2.25. The lowest BCUT2D eigenvalue weighted by Gasteiger charge is -2.38. The molecule has 29 heavy (non-hydrogen) atoms. The fourth-order valence-corrected chi connectivity index (χ4v) is 3.99. The molecule has 1 unspecified atom stereocenters. The van der Waals surface area contributed by atoms with E-state index >= 15 is 0 Å². The van der Waals surface area contributed by atoms with Crippen LogP contribution in [0, 0.1) is 6.92 Å². The minimum absolute atomic E-state index is 0.0468. The Kier molecular flexibility index (Phi) is 7.41. The van der Waals surface area contributed by atoms with Gasteiger partial charge in [-0.25, -0.2) is 9.78 Å². The van der Waals surface area contributed by atoms with Gasteiger partial charge in [0.2, 0.25) is 5.91 Å². The first kappa shape index (κ1) is 21.5. The highest BCUT2D eigenvalue weighted by Gasteiger charge is 2.32. The van der Waals surface area contributed by atoms with Crippen molar-refractivity contribution < 1.29 is 14.3 Å². The van der Waals surface area contributed by atoms with Gasteiger partial charge in [0.25, 0.3) is 0 Å². The summed E-state index contributed by atoms with van der Waals surface area (Å²) >= 11 is 7.54. The number of aromatic nitrogens is 1. The Balaban J connectivity index is 1.64. The molecule has 0 aliphatic carbocycles. The maximum absolute atomic E-state index is 12.6. The van der Waals surface area contributed by atoms with E-state index in [4.69, 9.17) is 16.3 Å². The normalized spacial score (nSPS) is 16.2. The predicted molar refractivity (Wildman–Crippen MR) is 115 cm³/mol. The Morgan fingerprint density at radius 3 is 2.52 bits per heavy atom. The molecule has 0 bridgehead atoms. The van der Waals surface area contributed by atoms with Gasteiger partial charge in [0.1, 0.15) is 6.04 Å². The minimum atomic E-state index is -0.502. The second kappa shape index (κ2) is 10.0. The molecule has 8 heteroatoms. The van der Waals surface area contributed by atoms with E-state index in [1.807, 2.05) is 24.4 Å². The molecule has 2 heterocycles.